The van der Waals surface area contributed by atoms with E-state index in [0.717, 1.165) is 24.2 Å². The molecule has 0 atom stereocenters. The molecular weight excluding hydrogens is 322 g/mol. The van der Waals surface area contributed by atoms with Gasteiger partial charge in [0, 0.05) is 6.20 Å². The summed E-state index contributed by atoms with van der Waals surface area (Å²) in [7, 11) is 0. The molecule has 6 nitrogen and oxygen atoms in total. The van der Waals surface area contributed by atoms with E-state index in [4.69, 9.17) is 0 Å². The number of halogens is 1. The molecule has 0 spiro atoms. The lowest BCUT2D eigenvalue weighted by Gasteiger charge is -2.06. The second-order valence-corrected chi connectivity index (χ2v) is 4.87. The number of pyridine rings is 1. The second kappa shape index (κ2) is 6.51. The van der Waals surface area contributed by atoms with Crippen molar-refractivity contribution in [3.8, 4) is 0 Å². The zero-order valence-corrected chi connectivity index (χ0v) is 12.8. The highest BCUT2D eigenvalue weighted by Gasteiger charge is 2.11. The van der Waals surface area contributed by atoms with Gasteiger partial charge in [-0.1, -0.05) is 13.8 Å². The minimum atomic E-state index is -0.307. The van der Waals surface area contributed by atoms with E-state index in [-0.39, 0.29) is 11.9 Å². The van der Waals surface area contributed by atoms with Crippen LogP contribution in [0.5, 0.6) is 0 Å². The van der Waals surface area contributed by atoms with Gasteiger partial charge in [0.15, 0.2) is 0 Å². The van der Waals surface area contributed by atoms with Crippen LogP contribution in [-0.2, 0) is 12.8 Å². The van der Waals surface area contributed by atoms with Gasteiger partial charge in [0.05, 0.1) is 17.0 Å². The van der Waals surface area contributed by atoms with Crippen LogP contribution >= 0.6 is 15.9 Å². The van der Waals surface area contributed by atoms with Crippen molar-refractivity contribution in [1.82, 2.24) is 20.2 Å². The Morgan fingerprint density at radius 1 is 1.20 bits per heavy atom. The van der Waals surface area contributed by atoms with Crippen LogP contribution in [0.25, 0.3) is 0 Å². The third kappa shape index (κ3) is 3.36. The molecule has 20 heavy (non-hydrogen) atoms. The molecule has 0 radical (unpaired) electrons. The van der Waals surface area contributed by atoms with Crippen LogP contribution < -0.4 is 5.32 Å². The minimum absolute atomic E-state index is 0.215. The normalized spacial score (nSPS) is 10.3. The number of carbonyl (C=O) groups is 1. The van der Waals surface area contributed by atoms with Gasteiger partial charge in [0.25, 0.3) is 5.91 Å². The monoisotopic (exact) mass is 335 g/mol. The van der Waals surface area contributed by atoms with Crippen molar-refractivity contribution in [1.29, 1.82) is 0 Å². The standard InChI is InChI=1S/C13H14BrN5O/c1-3-9-10(4-2)18-19-13(16-9)17-12(20)8-5-6-11(14)15-7-8/h5-7H,3-4H2,1-2H3,(H,16,17,19,20). The first-order chi connectivity index (χ1) is 9.63. The van der Waals surface area contributed by atoms with Gasteiger partial charge in [-0.15, -0.1) is 10.2 Å². The molecule has 2 rings (SSSR count). The number of aromatic nitrogens is 4. The Balaban J connectivity index is 2.17. The lowest BCUT2D eigenvalue weighted by Crippen LogP contribution is -2.16. The van der Waals surface area contributed by atoms with Gasteiger partial charge in [-0.3, -0.25) is 10.1 Å². The van der Waals surface area contributed by atoms with Crippen molar-refractivity contribution >= 4 is 27.8 Å². The summed E-state index contributed by atoms with van der Waals surface area (Å²) >= 11 is 3.22. The topological polar surface area (TPSA) is 80.7 Å². The molecule has 0 aliphatic rings. The smallest absolute Gasteiger partial charge is 0.259 e. The Kier molecular flexibility index (Phi) is 4.73. The number of nitrogens with one attached hydrogen (secondary N) is 1. The lowest BCUT2D eigenvalue weighted by molar-refractivity contribution is 0.102. The van der Waals surface area contributed by atoms with Crippen molar-refractivity contribution < 1.29 is 4.79 Å². The van der Waals surface area contributed by atoms with Crippen LogP contribution in [0.15, 0.2) is 22.9 Å². The van der Waals surface area contributed by atoms with Crippen LogP contribution in [0, 0.1) is 0 Å². The Morgan fingerprint density at radius 2 is 1.95 bits per heavy atom. The van der Waals surface area contributed by atoms with Crippen LogP contribution in [-0.4, -0.2) is 26.1 Å². The Morgan fingerprint density at radius 3 is 2.55 bits per heavy atom. The van der Waals surface area contributed by atoms with E-state index in [1.54, 1.807) is 12.1 Å². The number of anilines is 1. The summed E-state index contributed by atoms with van der Waals surface area (Å²) in [4.78, 5) is 20.3. The van der Waals surface area contributed by atoms with Crippen molar-refractivity contribution in [2.45, 2.75) is 26.7 Å². The average Bonchev–Trinajstić information content (AvgIpc) is 2.47. The number of aryl methyl sites for hydroxylation is 2. The summed E-state index contributed by atoms with van der Waals surface area (Å²) < 4.78 is 0.674. The van der Waals surface area contributed by atoms with E-state index in [1.807, 2.05) is 13.8 Å². The van der Waals surface area contributed by atoms with E-state index in [9.17, 15) is 4.79 Å². The van der Waals surface area contributed by atoms with Gasteiger partial charge < -0.3 is 0 Å². The molecule has 0 aliphatic heterocycles. The van der Waals surface area contributed by atoms with Crippen LogP contribution in [0.1, 0.15) is 35.6 Å². The third-order valence-electron chi connectivity index (χ3n) is 2.72. The fourth-order valence-corrected chi connectivity index (χ4v) is 1.91. The summed E-state index contributed by atoms with van der Waals surface area (Å²) in [5.41, 5.74) is 2.15. The SMILES string of the molecule is CCc1nnc(NC(=O)c2ccc(Br)nc2)nc1CC. The van der Waals surface area contributed by atoms with Gasteiger partial charge in [-0.25, -0.2) is 9.97 Å². The zero-order valence-electron chi connectivity index (χ0n) is 11.2. The molecule has 1 N–H and O–H groups in total. The van der Waals surface area contributed by atoms with Crippen LogP contribution in [0.2, 0.25) is 0 Å². The molecule has 2 heterocycles. The predicted octanol–water partition coefficient (Wildman–Crippen LogP) is 2.41. The molecule has 7 heteroatoms. The molecule has 104 valence electrons. The highest BCUT2D eigenvalue weighted by atomic mass is 79.9. The van der Waals surface area contributed by atoms with E-state index in [2.05, 4.69) is 41.4 Å². The number of rotatable bonds is 4. The van der Waals surface area contributed by atoms with Crippen molar-refractivity contribution in [3.63, 3.8) is 0 Å². The fraction of sp³-hybridized carbons (Fsp3) is 0.308. The number of hydrogen-bond acceptors (Lipinski definition) is 5. The minimum Gasteiger partial charge on any atom is -0.289 e. The molecule has 0 aliphatic carbocycles. The third-order valence-corrected chi connectivity index (χ3v) is 3.19. The molecular formula is C13H14BrN5O. The summed E-state index contributed by atoms with van der Waals surface area (Å²) in [6.07, 6.45) is 3.00. The van der Waals surface area contributed by atoms with E-state index in [1.165, 1.54) is 6.20 Å². The lowest BCUT2D eigenvalue weighted by atomic mass is 10.2. The van der Waals surface area contributed by atoms with Crippen LogP contribution in [0.4, 0.5) is 5.95 Å². The molecule has 0 saturated heterocycles. The first-order valence-electron chi connectivity index (χ1n) is 6.29. The summed E-state index contributed by atoms with van der Waals surface area (Å²) in [5.74, 6) is -0.0925. The molecule has 1 amide bonds. The highest BCUT2D eigenvalue weighted by Crippen LogP contribution is 2.10. The summed E-state index contributed by atoms with van der Waals surface area (Å²) in [6, 6.07) is 3.37. The molecule has 0 aromatic carbocycles. The van der Waals surface area contributed by atoms with Gasteiger partial charge >= 0.3 is 0 Å². The van der Waals surface area contributed by atoms with E-state index in [0.29, 0.717) is 10.2 Å². The Hall–Kier alpha value is -1.89. The van der Waals surface area contributed by atoms with Crippen molar-refractivity contribution in [2.24, 2.45) is 0 Å². The van der Waals surface area contributed by atoms with E-state index < -0.39 is 0 Å². The van der Waals surface area contributed by atoms with Crippen LogP contribution in [0.3, 0.4) is 0 Å². The largest absolute Gasteiger partial charge is 0.289 e. The Bertz CT molecular complexity index is 615. The fourth-order valence-electron chi connectivity index (χ4n) is 1.67. The molecule has 0 unspecified atom stereocenters. The van der Waals surface area contributed by atoms with Crippen molar-refractivity contribution in [3.05, 3.63) is 39.9 Å². The maximum atomic E-state index is 12.0. The van der Waals surface area contributed by atoms with E-state index >= 15 is 0 Å². The van der Waals surface area contributed by atoms with Gasteiger partial charge in [0.1, 0.15) is 4.60 Å². The molecule has 2 aromatic rings. The molecule has 0 bridgehead atoms. The van der Waals surface area contributed by atoms with Gasteiger partial charge in [0.2, 0.25) is 5.95 Å². The Labute approximate surface area is 125 Å². The molecule has 0 fully saturated rings. The predicted molar refractivity (Wildman–Crippen MR) is 78.5 cm³/mol. The quantitative estimate of drug-likeness (QED) is 0.867. The second-order valence-electron chi connectivity index (χ2n) is 4.06. The number of carbonyl (C=O) groups excluding carboxylic acids is 1. The van der Waals surface area contributed by atoms with Gasteiger partial charge in [-0.05, 0) is 40.9 Å². The molecule has 0 saturated carbocycles. The maximum absolute atomic E-state index is 12.0. The van der Waals surface area contributed by atoms with Gasteiger partial charge in [-0.2, -0.15) is 0 Å². The highest BCUT2D eigenvalue weighted by molar-refractivity contribution is 9.10. The summed E-state index contributed by atoms with van der Waals surface area (Å²) in [5, 5.41) is 10.6. The first-order valence-corrected chi connectivity index (χ1v) is 7.08. The maximum Gasteiger partial charge on any atom is 0.259 e. The number of amides is 1. The average molecular weight is 336 g/mol. The first kappa shape index (κ1) is 14.5. The summed E-state index contributed by atoms with van der Waals surface area (Å²) in [6.45, 7) is 3.99. The molecule has 2 aromatic heterocycles. The number of hydrogen-bond donors (Lipinski definition) is 1. The van der Waals surface area contributed by atoms with Crippen molar-refractivity contribution in [2.75, 3.05) is 5.32 Å². The number of nitrogens with zero attached hydrogens (tertiary/aromatic N) is 4. The zero-order chi connectivity index (χ0) is 14.5.